The normalized spacial score (nSPS) is 19.3. The summed E-state index contributed by atoms with van der Waals surface area (Å²) in [4.78, 5) is 7.15. The molecule has 0 unspecified atom stereocenters. The van der Waals surface area contributed by atoms with E-state index in [1.807, 2.05) is 17.8 Å². The van der Waals surface area contributed by atoms with Crippen molar-refractivity contribution >= 4 is 23.4 Å². The topological polar surface area (TPSA) is 28.2 Å². The van der Waals surface area contributed by atoms with E-state index < -0.39 is 0 Å². The maximum Gasteiger partial charge on any atom is 0.131 e. The molecule has 1 aliphatic heterocycles. The highest BCUT2D eigenvalue weighted by molar-refractivity contribution is 8.00. The van der Waals surface area contributed by atoms with Crippen molar-refractivity contribution in [1.82, 2.24) is 4.98 Å². The lowest BCUT2D eigenvalue weighted by molar-refractivity contribution is 0.626. The van der Waals surface area contributed by atoms with Crippen LogP contribution in [0.1, 0.15) is 34.6 Å². The van der Waals surface area contributed by atoms with Crippen molar-refractivity contribution in [3.05, 3.63) is 18.2 Å². The molecule has 106 valence electrons. The van der Waals surface area contributed by atoms with Gasteiger partial charge in [0, 0.05) is 29.1 Å². The van der Waals surface area contributed by atoms with E-state index >= 15 is 0 Å². The molecule has 0 amide bonds. The first kappa shape index (κ1) is 14.5. The molecule has 1 aromatic heterocycles. The Kier molecular flexibility index (Phi) is 4.00. The summed E-state index contributed by atoms with van der Waals surface area (Å²) in [6, 6.07) is 6.24. The monoisotopic (exact) mass is 279 g/mol. The Balaban J connectivity index is 2.14. The van der Waals surface area contributed by atoms with Crippen LogP contribution >= 0.6 is 11.8 Å². The van der Waals surface area contributed by atoms with Crippen LogP contribution in [-0.4, -0.2) is 34.1 Å². The van der Waals surface area contributed by atoms with Gasteiger partial charge in [-0.1, -0.05) is 6.07 Å². The summed E-state index contributed by atoms with van der Waals surface area (Å²) in [5, 5.41) is 3.44. The molecule has 19 heavy (non-hydrogen) atoms. The third-order valence-electron chi connectivity index (χ3n) is 2.99. The SMILES string of the molecule is CC(C)(C)Nc1cccc(N2CCSC(C)(C)C2)n1. The van der Waals surface area contributed by atoms with Gasteiger partial charge in [0.15, 0.2) is 0 Å². The van der Waals surface area contributed by atoms with Gasteiger partial charge >= 0.3 is 0 Å². The van der Waals surface area contributed by atoms with E-state index in [0.717, 1.165) is 24.7 Å². The molecule has 1 fully saturated rings. The number of anilines is 2. The van der Waals surface area contributed by atoms with Crippen LogP contribution in [0.5, 0.6) is 0 Å². The van der Waals surface area contributed by atoms with Crippen LogP contribution < -0.4 is 10.2 Å². The Hall–Kier alpha value is -0.900. The van der Waals surface area contributed by atoms with Crippen LogP contribution in [0.4, 0.5) is 11.6 Å². The van der Waals surface area contributed by atoms with Crippen LogP contribution in [0.25, 0.3) is 0 Å². The molecule has 0 radical (unpaired) electrons. The average Bonchev–Trinajstić information content (AvgIpc) is 2.25. The lowest BCUT2D eigenvalue weighted by atomic mass is 10.1. The molecule has 0 spiro atoms. The summed E-state index contributed by atoms with van der Waals surface area (Å²) in [7, 11) is 0. The quantitative estimate of drug-likeness (QED) is 0.895. The van der Waals surface area contributed by atoms with Gasteiger partial charge in [0.25, 0.3) is 0 Å². The van der Waals surface area contributed by atoms with Crippen LogP contribution in [0.3, 0.4) is 0 Å². The molecule has 0 aliphatic carbocycles. The maximum atomic E-state index is 4.75. The molecule has 1 aliphatic rings. The number of rotatable bonds is 2. The van der Waals surface area contributed by atoms with E-state index in [-0.39, 0.29) is 5.54 Å². The Labute approximate surface area is 121 Å². The van der Waals surface area contributed by atoms with Crippen molar-refractivity contribution in [3.8, 4) is 0 Å². The van der Waals surface area contributed by atoms with Crippen LogP contribution in [0.15, 0.2) is 18.2 Å². The highest BCUT2D eigenvalue weighted by Crippen LogP contribution is 2.31. The number of pyridine rings is 1. The number of aromatic nitrogens is 1. The zero-order valence-corrected chi connectivity index (χ0v) is 13.5. The second-order valence-corrected chi connectivity index (χ2v) is 8.59. The molecule has 2 rings (SSSR count). The molecule has 0 bridgehead atoms. The minimum atomic E-state index is 0.0443. The van der Waals surface area contributed by atoms with Crippen molar-refractivity contribution in [3.63, 3.8) is 0 Å². The molecule has 0 saturated carbocycles. The summed E-state index contributed by atoms with van der Waals surface area (Å²) in [5.74, 6) is 3.22. The minimum absolute atomic E-state index is 0.0443. The van der Waals surface area contributed by atoms with Crippen molar-refractivity contribution in [2.75, 3.05) is 29.1 Å². The van der Waals surface area contributed by atoms with Crippen molar-refractivity contribution in [1.29, 1.82) is 0 Å². The number of nitrogens with one attached hydrogen (secondary N) is 1. The highest BCUT2D eigenvalue weighted by Gasteiger charge is 2.27. The Morgan fingerprint density at radius 1 is 1.32 bits per heavy atom. The highest BCUT2D eigenvalue weighted by atomic mass is 32.2. The van der Waals surface area contributed by atoms with Gasteiger partial charge in [0.1, 0.15) is 11.6 Å². The first-order valence-corrected chi connectivity index (χ1v) is 7.88. The van der Waals surface area contributed by atoms with Crippen molar-refractivity contribution in [2.24, 2.45) is 0 Å². The maximum absolute atomic E-state index is 4.75. The van der Waals surface area contributed by atoms with E-state index in [9.17, 15) is 0 Å². The fourth-order valence-electron chi connectivity index (χ4n) is 2.27. The summed E-state index contributed by atoms with van der Waals surface area (Å²) in [6.07, 6.45) is 0. The standard InChI is InChI=1S/C15H25N3S/c1-14(2,3)17-12-7-6-8-13(16-12)18-9-10-19-15(4,5)11-18/h6-8H,9-11H2,1-5H3,(H,16,17). The van der Waals surface area contributed by atoms with Crippen LogP contribution in [0.2, 0.25) is 0 Å². The van der Waals surface area contributed by atoms with Gasteiger partial charge in [0.05, 0.1) is 0 Å². The Bertz CT molecular complexity index is 437. The third-order valence-corrected chi connectivity index (χ3v) is 4.28. The summed E-state index contributed by atoms with van der Waals surface area (Å²) in [6.45, 7) is 13.2. The Morgan fingerprint density at radius 3 is 2.68 bits per heavy atom. The third kappa shape index (κ3) is 4.30. The first-order chi connectivity index (χ1) is 8.75. The fourth-order valence-corrected chi connectivity index (χ4v) is 3.38. The van der Waals surface area contributed by atoms with E-state index in [0.29, 0.717) is 4.75 Å². The predicted octanol–water partition coefficient (Wildman–Crippen LogP) is 3.62. The van der Waals surface area contributed by atoms with E-state index in [2.05, 4.69) is 57.0 Å². The molecule has 4 heteroatoms. The number of hydrogen-bond donors (Lipinski definition) is 1. The van der Waals surface area contributed by atoms with E-state index in [1.54, 1.807) is 0 Å². The molecule has 1 N–H and O–H groups in total. The number of nitrogens with zero attached hydrogens (tertiary/aromatic N) is 2. The van der Waals surface area contributed by atoms with Gasteiger partial charge in [-0.25, -0.2) is 4.98 Å². The summed E-state index contributed by atoms with van der Waals surface area (Å²) in [5.41, 5.74) is 0.0443. The molecular formula is C15H25N3S. The molecule has 0 aromatic carbocycles. The number of thioether (sulfide) groups is 1. The van der Waals surface area contributed by atoms with E-state index in [1.165, 1.54) is 5.75 Å². The van der Waals surface area contributed by atoms with Gasteiger partial charge < -0.3 is 10.2 Å². The van der Waals surface area contributed by atoms with Gasteiger partial charge in [-0.2, -0.15) is 11.8 Å². The van der Waals surface area contributed by atoms with Crippen molar-refractivity contribution < 1.29 is 0 Å². The molecular weight excluding hydrogens is 254 g/mol. The van der Waals surface area contributed by atoms with Gasteiger partial charge in [0.2, 0.25) is 0 Å². The molecule has 2 heterocycles. The summed E-state index contributed by atoms with van der Waals surface area (Å²) >= 11 is 2.05. The van der Waals surface area contributed by atoms with Crippen LogP contribution in [-0.2, 0) is 0 Å². The lowest BCUT2D eigenvalue weighted by Crippen LogP contribution is -2.43. The van der Waals surface area contributed by atoms with Gasteiger partial charge in [-0.15, -0.1) is 0 Å². The van der Waals surface area contributed by atoms with Gasteiger partial charge in [-0.05, 0) is 46.8 Å². The zero-order valence-electron chi connectivity index (χ0n) is 12.7. The largest absolute Gasteiger partial charge is 0.365 e. The molecule has 1 aromatic rings. The molecule has 1 saturated heterocycles. The fraction of sp³-hybridized carbons (Fsp3) is 0.667. The smallest absolute Gasteiger partial charge is 0.131 e. The average molecular weight is 279 g/mol. The predicted molar refractivity (Wildman–Crippen MR) is 86.4 cm³/mol. The van der Waals surface area contributed by atoms with Crippen LogP contribution in [0, 0.1) is 0 Å². The Morgan fingerprint density at radius 2 is 2.05 bits per heavy atom. The van der Waals surface area contributed by atoms with Gasteiger partial charge in [-0.3, -0.25) is 0 Å². The lowest BCUT2D eigenvalue weighted by Gasteiger charge is -2.38. The zero-order chi connectivity index (χ0) is 14.1. The molecule has 3 nitrogen and oxygen atoms in total. The van der Waals surface area contributed by atoms with E-state index in [4.69, 9.17) is 4.98 Å². The molecule has 0 atom stereocenters. The summed E-state index contributed by atoms with van der Waals surface area (Å²) < 4.78 is 0.313. The second kappa shape index (κ2) is 5.23. The second-order valence-electron chi connectivity index (χ2n) is 6.79. The number of hydrogen-bond acceptors (Lipinski definition) is 4. The minimum Gasteiger partial charge on any atom is -0.365 e. The first-order valence-electron chi connectivity index (χ1n) is 6.89. The van der Waals surface area contributed by atoms with Crippen molar-refractivity contribution in [2.45, 2.75) is 44.9 Å².